The van der Waals surface area contributed by atoms with Crippen LogP contribution in [0.2, 0.25) is 10.0 Å². The molecule has 0 radical (unpaired) electrons. The summed E-state index contributed by atoms with van der Waals surface area (Å²) in [4.78, 5) is 38.2. The average molecular weight is 569 g/mol. The Hall–Kier alpha value is -3.75. The minimum absolute atomic E-state index is 0.0176. The molecule has 4 rings (SSSR count). The van der Waals surface area contributed by atoms with Gasteiger partial charge in [-0.3, -0.25) is 4.79 Å². The third-order valence-corrected chi connectivity index (χ3v) is 7.29. The van der Waals surface area contributed by atoms with Crippen LogP contribution in [0.3, 0.4) is 0 Å². The van der Waals surface area contributed by atoms with Crippen LogP contribution in [0.4, 0.5) is 10.5 Å². The number of anilines is 1. The van der Waals surface area contributed by atoms with Crippen molar-refractivity contribution in [2.24, 2.45) is 0 Å². The zero-order valence-electron chi connectivity index (χ0n) is 21.4. The summed E-state index contributed by atoms with van der Waals surface area (Å²) in [6.45, 7) is 0.393. The maximum absolute atomic E-state index is 13.2. The molecule has 0 aliphatic heterocycles. The van der Waals surface area contributed by atoms with Crippen LogP contribution in [-0.2, 0) is 22.4 Å². The Labute approximate surface area is 237 Å². The van der Waals surface area contributed by atoms with Crippen LogP contribution in [0.25, 0.3) is 0 Å². The zero-order valence-corrected chi connectivity index (χ0v) is 22.9. The fourth-order valence-electron chi connectivity index (χ4n) is 4.56. The number of urea groups is 1. The first kappa shape index (κ1) is 28.3. The maximum atomic E-state index is 13.2. The standard InChI is InChI=1S/C29H30Cl2N4O4/c1-39-28(37)24(17-33-29(38)35-22-13-11-19-9-5-6-10-20(19)22)34-27(36)25-21(30)12-14-23(26(25)31)32-16-15-18-7-3-2-4-8-18/h2-10,12,14,22,24,32H,11,13,15-17H2,1H3,(H,34,36)(H2,33,35,38)/t22-,24+/m1/s1. The molecule has 1 aliphatic carbocycles. The Balaban J connectivity index is 1.37. The minimum atomic E-state index is -1.16. The van der Waals surface area contributed by atoms with E-state index in [9.17, 15) is 14.4 Å². The van der Waals surface area contributed by atoms with Gasteiger partial charge in [-0.1, -0.05) is 77.8 Å². The van der Waals surface area contributed by atoms with E-state index < -0.39 is 23.9 Å². The Kier molecular flexibility index (Phi) is 9.68. The number of benzene rings is 3. The molecule has 3 aromatic carbocycles. The smallest absolute Gasteiger partial charge is 0.330 e. The lowest BCUT2D eigenvalue weighted by molar-refractivity contribution is -0.142. The number of fused-ring (bicyclic) bond motifs is 1. The van der Waals surface area contributed by atoms with E-state index >= 15 is 0 Å². The predicted octanol–water partition coefficient (Wildman–Crippen LogP) is 4.91. The van der Waals surface area contributed by atoms with Gasteiger partial charge in [0.05, 0.1) is 41.0 Å². The highest BCUT2D eigenvalue weighted by molar-refractivity contribution is 6.41. The van der Waals surface area contributed by atoms with Gasteiger partial charge in [0.1, 0.15) is 6.04 Å². The number of aryl methyl sites for hydroxylation is 1. The number of nitrogens with one attached hydrogen (secondary N) is 4. The van der Waals surface area contributed by atoms with Crippen LogP contribution in [0.15, 0.2) is 66.7 Å². The summed E-state index contributed by atoms with van der Waals surface area (Å²) >= 11 is 12.9. The van der Waals surface area contributed by atoms with Crippen molar-refractivity contribution < 1.29 is 19.1 Å². The van der Waals surface area contributed by atoms with Crippen LogP contribution in [0.1, 0.15) is 39.5 Å². The van der Waals surface area contributed by atoms with Gasteiger partial charge in [0.25, 0.3) is 5.91 Å². The number of ether oxygens (including phenoxy) is 1. The molecule has 10 heteroatoms. The molecule has 0 spiro atoms. The first-order chi connectivity index (χ1) is 18.9. The van der Waals surface area contributed by atoms with E-state index in [4.69, 9.17) is 27.9 Å². The average Bonchev–Trinajstić information content (AvgIpc) is 3.35. The molecule has 0 saturated heterocycles. The molecular formula is C29H30Cl2N4O4. The first-order valence-corrected chi connectivity index (χ1v) is 13.4. The van der Waals surface area contributed by atoms with E-state index in [2.05, 4.69) is 21.3 Å². The normalized spacial score (nSPS) is 14.6. The van der Waals surface area contributed by atoms with Crippen LogP contribution < -0.4 is 21.3 Å². The van der Waals surface area contributed by atoms with Gasteiger partial charge in [-0.05, 0) is 48.1 Å². The summed E-state index contributed by atoms with van der Waals surface area (Å²) in [6, 6.07) is 19.4. The second kappa shape index (κ2) is 13.4. The molecule has 204 valence electrons. The second-order valence-corrected chi connectivity index (χ2v) is 9.93. The van der Waals surface area contributed by atoms with Crippen LogP contribution in [0, 0.1) is 0 Å². The molecular weight excluding hydrogens is 539 g/mol. The summed E-state index contributed by atoms with van der Waals surface area (Å²) in [5, 5.41) is 11.6. The van der Waals surface area contributed by atoms with Crippen molar-refractivity contribution in [3.05, 3.63) is 99.0 Å². The Morgan fingerprint density at radius 3 is 2.51 bits per heavy atom. The highest BCUT2D eigenvalue weighted by Crippen LogP contribution is 2.32. The largest absolute Gasteiger partial charge is 0.467 e. The molecule has 3 aromatic rings. The molecule has 8 nitrogen and oxygen atoms in total. The Bertz CT molecular complexity index is 1340. The lowest BCUT2D eigenvalue weighted by atomic mass is 10.1. The second-order valence-electron chi connectivity index (χ2n) is 9.14. The fourth-order valence-corrected chi connectivity index (χ4v) is 5.17. The minimum Gasteiger partial charge on any atom is -0.467 e. The van der Waals surface area contributed by atoms with E-state index in [0.717, 1.165) is 30.4 Å². The maximum Gasteiger partial charge on any atom is 0.330 e. The highest BCUT2D eigenvalue weighted by Gasteiger charge is 2.27. The molecule has 0 aromatic heterocycles. The van der Waals surface area contributed by atoms with Crippen LogP contribution in [-0.4, -0.2) is 44.1 Å². The number of carbonyl (C=O) groups is 3. The van der Waals surface area contributed by atoms with Gasteiger partial charge >= 0.3 is 12.0 Å². The van der Waals surface area contributed by atoms with Gasteiger partial charge in [-0.25, -0.2) is 9.59 Å². The van der Waals surface area contributed by atoms with E-state index in [1.165, 1.54) is 12.7 Å². The van der Waals surface area contributed by atoms with Crippen LogP contribution >= 0.6 is 23.2 Å². The van der Waals surface area contributed by atoms with Gasteiger partial charge in [0, 0.05) is 6.54 Å². The Morgan fingerprint density at radius 2 is 1.74 bits per heavy atom. The summed E-state index contributed by atoms with van der Waals surface area (Å²) in [5.74, 6) is -1.39. The number of esters is 1. The SMILES string of the molecule is COC(=O)[C@H](CNC(=O)N[C@@H]1CCc2ccccc21)NC(=O)c1c(Cl)ccc(NCCc2ccccc2)c1Cl. The summed E-state index contributed by atoms with van der Waals surface area (Å²) < 4.78 is 4.84. The van der Waals surface area contributed by atoms with E-state index in [0.29, 0.717) is 12.2 Å². The van der Waals surface area contributed by atoms with Crippen LogP contribution in [0.5, 0.6) is 0 Å². The third kappa shape index (κ3) is 7.22. The number of methoxy groups -OCH3 is 1. The Morgan fingerprint density at radius 1 is 1.00 bits per heavy atom. The van der Waals surface area contributed by atoms with Crippen molar-refractivity contribution in [3.63, 3.8) is 0 Å². The van der Waals surface area contributed by atoms with Crippen molar-refractivity contribution in [1.82, 2.24) is 16.0 Å². The number of halogens is 2. The van der Waals surface area contributed by atoms with Gasteiger partial charge in [-0.2, -0.15) is 0 Å². The van der Waals surface area contributed by atoms with E-state index in [1.54, 1.807) is 12.1 Å². The number of carbonyl (C=O) groups excluding carboxylic acids is 3. The quantitative estimate of drug-likeness (QED) is 0.260. The summed E-state index contributed by atoms with van der Waals surface area (Å²) in [7, 11) is 1.20. The van der Waals surface area contributed by atoms with Gasteiger partial charge < -0.3 is 26.0 Å². The van der Waals surface area contributed by atoms with Gasteiger partial charge in [0.2, 0.25) is 0 Å². The van der Waals surface area contributed by atoms with Crippen molar-refractivity contribution >= 4 is 46.8 Å². The molecule has 3 amide bonds. The third-order valence-electron chi connectivity index (χ3n) is 6.59. The lowest BCUT2D eigenvalue weighted by Gasteiger charge is -2.20. The molecule has 4 N–H and O–H groups in total. The van der Waals surface area contributed by atoms with Crippen molar-refractivity contribution in [3.8, 4) is 0 Å². The lowest BCUT2D eigenvalue weighted by Crippen LogP contribution is -2.51. The van der Waals surface area contributed by atoms with Crippen molar-refractivity contribution in [2.45, 2.75) is 31.3 Å². The van der Waals surface area contributed by atoms with Gasteiger partial charge in [0.15, 0.2) is 0 Å². The fraction of sp³-hybridized carbons (Fsp3) is 0.276. The van der Waals surface area contributed by atoms with E-state index in [-0.39, 0.29) is 28.2 Å². The van der Waals surface area contributed by atoms with E-state index in [1.807, 2.05) is 54.6 Å². The first-order valence-electron chi connectivity index (χ1n) is 12.6. The molecule has 0 heterocycles. The molecule has 2 atom stereocenters. The molecule has 1 aliphatic rings. The molecule has 39 heavy (non-hydrogen) atoms. The number of hydrogen-bond donors (Lipinski definition) is 4. The zero-order chi connectivity index (χ0) is 27.8. The van der Waals surface area contributed by atoms with Gasteiger partial charge in [-0.15, -0.1) is 0 Å². The predicted molar refractivity (Wildman–Crippen MR) is 152 cm³/mol. The molecule has 0 bridgehead atoms. The highest BCUT2D eigenvalue weighted by atomic mass is 35.5. The van der Waals surface area contributed by atoms with Crippen molar-refractivity contribution in [1.29, 1.82) is 0 Å². The topological polar surface area (TPSA) is 109 Å². The molecule has 0 fully saturated rings. The number of rotatable bonds is 10. The monoisotopic (exact) mass is 568 g/mol. The summed E-state index contributed by atoms with van der Waals surface area (Å²) in [5.41, 5.74) is 3.98. The number of hydrogen-bond acceptors (Lipinski definition) is 5. The summed E-state index contributed by atoms with van der Waals surface area (Å²) in [6.07, 6.45) is 2.42. The molecule has 0 unspecified atom stereocenters. The van der Waals surface area contributed by atoms with Crippen molar-refractivity contribution in [2.75, 3.05) is 25.5 Å². The number of amides is 3. The molecule has 0 saturated carbocycles.